The molecule has 2 aromatic rings. The third-order valence-electron chi connectivity index (χ3n) is 6.65. The van der Waals surface area contributed by atoms with Crippen molar-refractivity contribution in [2.45, 2.75) is 110 Å². The summed E-state index contributed by atoms with van der Waals surface area (Å²) in [6.07, 6.45) is 21.6. The fraction of sp³-hybridized carbons (Fsp3) is 0.531. The monoisotopic (exact) mass is 574 g/mol. The van der Waals surface area contributed by atoms with E-state index in [1.54, 1.807) is 36.5 Å². The van der Waals surface area contributed by atoms with E-state index in [1.807, 2.05) is 0 Å². The molecule has 0 spiro atoms. The van der Waals surface area contributed by atoms with Crippen molar-refractivity contribution in [3.05, 3.63) is 63.6 Å². The average Bonchev–Trinajstić information content (AvgIpc) is 2.91. The Hall–Kier alpha value is -2.37. The first-order valence-electron chi connectivity index (χ1n) is 14.6. The molecule has 214 valence electrons. The summed E-state index contributed by atoms with van der Waals surface area (Å²) in [5, 5.41) is 4.70. The molecule has 1 amide bonds. The third-order valence-corrected chi connectivity index (χ3v) is 7.20. The predicted molar refractivity (Wildman–Crippen MR) is 163 cm³/mol. The third kappa shape index (κ3) is 15.1. The zero-order valence-electron chi connectivity index (χ0n) is 23.4. The van der Waals surface area contributed by atoms with Crippen molar-refractivity contribution in [1.29, 1.82) is 0 Å². The van der Waals surface area contributed by atoms with Crippen LogP contribution >= 0.6 is 23.2 Å². The molecule has 0 aliphatic carbocycles. The summed E-state index contributed by atoms with van der Waals surface area (Å²) in [6.45, 7) is 2.27. The molecule has 39 heavy (non-hydrogen) atoms. The number of hydrogen-bond donors (Lipinski definition) is 1. The number of unbranched alkanes of at least 4 members (excludes halogenated alkanes) is 14. The first-order chi connectivity index (χ1) is 19.0. The van der Waals surface area contributed by atoms with E-state index in [4.69, 9.17) is 27.9 Å². The second-order valence-corrected chi connectivity index (χ2v) is 10.9. The molecular weight excluding hydrogens is 531 g/mol. The fourth-order valence-electron chi connectivity index (χ4n) is 4.33. The van der Waals surface area contributed by atoms with Gasteiger partial charge in [0.1, 0.15) is 5.75 Å². The molecule has 1 N–H and O–H groups in total. The number of nitrogens with one attached hydrogen (secondary N) is 1. The maximum atomic E-state index is 12.3. The van der Waals surface area contributed by atoms with Gasteiger partial charge in [0.2, 0.25) is 5.91 Å². The van der Waals surface area contributed by atoms with Gasteiger partial charge in [-0.05, 0) is 54.4 Å². The van der Waals surface area contributed by atoms with Crippen LogP contribution in [0.1, 0.15) is 126 Å². The first-order valence-corrected chi connectivity index (χ1v) is 15.3. The molecule has 0 radical (unpaired) electrons. The van der Waals surface area contributed by atoms with Crippen LogP contribution in [0.25, 0.3) is 0 Å². The standard InChI is InChI=1S/C32H44Cl2N2O3/c1-2-3-4-5-6-7-8-9-10-11-12-13-14-15-16-17-31(37)36-35-25-26-18-21-28(22-19-26)39-32(38)29-23-20-27(33)24-30(29)34/h18-25H,2-17H2,1H3,(H,36,37)/b35-25-. The molecule has 0 atom stereocenters. The number of carbonyl (C=O) groups is 2. The van der Waals surface area contributed by atoms with Crippen LogP contribution in [-0.4, -0.2) is 18.1 Å². The lowest BCUT2D eigenvalue weighted by molar-refractivity contribution is -0.121. The Kier molecular flexibility index (Phi) is 17.3. The number of amides is 1. The molecule has 0 saturated heterocycles. The molecule has 0 aliphatic heterocycles. The van der Waals surface area contributed by atoms with E-state index in [0.29, 0.717) is 17.2 Å². The van der Waals surface area contributed by atoms with Gasteiger partial charge in [0.25, 0.3) is 0 Å². The largest absolute Gasteiger partial charge is 0.423 e. The van der Waals surface area contributed by atoms with Gasteiger partial charge in [-0.25, -0.2) is 10.2 Å². The molecule has 7 heteroatoms. The highest BCUT2D eigenvalue weighted by Gasteiger charge is 2.13. The van der Waals surface area contributed by atoms with Gasteiger partial charge in [0.05, 0.1) is 16.8 Å². The summed E-state index contributed by atoms with van der Waals surface area (Å²) in [6, 6.07) is 11.4. The summed E-state index contributed by atoms with van der Waals surface area (Å²) in [5.74, 6) is -0.268. The van der Waals surface area contributed by atoms with Crippen LogP contribution in [0, 0.1) is 0 Å². The van der Waals surface area contributed by atoms with Crippen molar-refractivity contribution in [3.8, 4) is 5.75 Å². The van der Waals surface area contributed by atoms with Crippen molar-refractivity contribution in [1.82, 2.24) is 5.43 Å². The van der Waals surface area contributed by atoms with E-state index >= 15 is 0 Å². The zero-order valence-corrected chi connectivity index (χ0v) is 24.9. The molecular formula is C32H44Cl2N2O3. The predicted octanol–water partition coefficient (Wildman–Crippen LogP) is 9.92. The fourth-order valence-corrected chi connectivity index (χ4v) is 4.82. The van der Waals surface area contributed by atoms with Gasteiger partial charge >= 0.3 is 5.97 Å². The Balaban J connectivity index is 1.48. The van der Waals surface area contributed by atoms with Crippen LogP contribution < -0.4 is 10.2 Å². The summed E-state index contributed by atoms with van der Waals surface area (Å²) >= 11 is 11.9. The second-order valence-electron chi connectivity index (χ2n) is 10.1. The first kappa shape index (κ1) is 32.8. The van der Waals surface area contributed by atoms with Gasteiger partial charge in [-0.2, -0.15) is 5.10 Å². The summed E-state index contributed by atoms with van der Waals surface area (Å²) in [7, 11) is 0. The Morgan fingerprint density at radius 1 is 0.769 bits per heavy atom. The van der Waals surface area contributed by atoms with E-state index in [-0.39, 0.29) is 16.5 Å². The normalized spacial score (nSPS) is 11.2. The van der Waals surface area contributed by atoms with Gasteiger partial charge in [0.15, 0.2) is 0 Å². The lowest BCUT2D eigenvalue weighted by Crippen LogP contribution is -2.16. The number of hydrogen-bond acceptors (Lipinski definition) is 4. The van der Waals surface area contributed by atoms with E-state index in [2.05, 4.69) is 17.5 Å². The lowest BCUT2D eigenvalue weighted by Gasteiger charge is -2.06. The summed E-state index contributed by atoms with van der Waals surface area (Å²) in [4.78, 5) is 24.3. The molecule has 0 fully saturated rings. The highest BCUT2D eigenvalue weighted by Crippen LogP contribution is 2.23. The number of halogens is 2. The maximum absolute atomic E-state index is 12.3. The van der Waals surface area contributed by atoms with Gasteiger partial charge in [-0.15, -0.1) is 0 Å². The quantitative estimate of drug-likeness (QED) is 0.0562. The highest BCUT2D eigenvalue weighted by atomic mass is 35.5. The van der Waals surface area contributed by atoms with Gasteiger partial charge < -0.3 is 4.74 Å². The lowest BCUT2D eigenvalue weighted by atomic mass is 10.0. The minimum absolute atomic E-state index is 0.0775. The summed E-state index contributed by atoms with van der Waals surface area (Å²) in [5.41, 5.74) is 3.59. The van der Waals surface area contributed by atoms with Crippen molar-refractivity contribution in [2.24, 2.45) is 5.10 Å². The molecule has 2 rings (SSSR count). The maximum Gasteiger partial charge on any atom is 0.345 e. The number of ether oxygens (including phenoxy) is 1. The topological polar surface area (TPSA) is 67.8 Å². The Morgan fingerprint density at radius 2 is 1.31 bits per heavy atom. The molecule has 0 heterocycles. The van der Waals surface area contributed by atoms with E-state index in [1.165, 1.54) is 95.6 Å². The Bertz CT molecular complexity index is 1010. The van der Waals surface area contributed by atoms with E-state index in [9.17, 15) is 9.59 Å². The number of hydrazone groups is 1. The molecule has 2 aromatic carbocycles. The van der Waals surface area contributed by atoms with Gasteiger partial charge in [-0.1, -0.05) is 120 Å². The molecule has 0 unspecified atom stereocenters. The molecule has 0 saturated carbocycles. The summed E-state index contributed by atoms with van der Waals surface area (Å²) < 4.78 is 5.36. The van der Waals surface area contributed by atoms with E-state index in [0.717, 1.165) is 18.4 Å². The van der Waals surface area contributed by atoms with Crippen LogP contribution in [0.4, 0.5) is 0 Å². The molecule has 0 aliphatic rings. The SMILES string of the molecule is CCCCCCCCCCCCCCCCCC(=O)N/N=C\c1ccc(OC(=O)c2ccc(Cl)cc2Cl)cc1. The number of esters is 1. The van der Waals surface area contributed by atoms with Crippen molar-refractivity contribution < 1.29 is 14.3 Å². The number of carbonyl (C=O) groups excluding carboxylic acids is 2. The minimum Gasteiger partial charge on any atom is -0.423 e. The minimum atomic E-state index is -0.566. The number of nitrogens with zero attached hydrogens (tertiary/aromatic N) is 1. The highest BCUT2D eigenvalue weighted by molar-refractivity contribution is 6.36. The van der Waals surface area contributed by atoms with Crippen LogP contribution in [-0.2, 0) is 4.79 Å². The van der Waals surface area contributed by atoms with Gasteiger partial charge in [0, 0.05) is 11.4 Å². The van der Waals surface area contributed by atoms with Crippen molar-refractivity contribution in [2.75, 3.05) is 0 Å². The van der Waals surface area contributed by atoms with Crippen molar-refractivity contribution >= 4 is 41.3 Å². The average molecular weight is 576 g/mol. The zero-order chi connectivity index (χ0) is 28.1. The Morgan fingerprint density at radius 3 is 1.85 bits per heavy atom. The van der Waals surface area contributed by atoms with Crippen LogP contribution in [0.2, 0.25) is 10.0 Å². The number of rotatable bonds is 20. The number of benzene rings is 2. The molecule has 5 nitrogen and oxygen atoms in total. The van der Waals surface area contributed by atoms with Crippen LogP contribution in [0.3, 0.4) is 0 Å². The smallest absolute Gasteiger partial charge is 0.345 e. The molecule has 0 bridgehead atoms. The van der Waals surface area contributed by atoms with Gasteiger partial charge in [-0.3, -0.25) is 4.79 Å². The Labute approximate surface area is 244 Å². The van der Waals surface area contributed by atoms with E-state index < -0.39 is 5.97 Å². The second kappa shape index (κ2) is 20.5. The van der Waals surface area contributed by atoms with Crippen molar-refractivity contribution in [3.63, 3.8) is 0 Å². The van der Waals surface area contributed by atoms with Crippen LogP contribution in [0.15, 0.2) is 47.6 Å². The van der Waals surface area contributed by atoms with Crippen LogP contribution in [0.5, 0.6) is 5.75 Å². The molecule has 0 aromatic heterocycles.